The fourth-order valence-electron chi connectivity index (χ4n) is 14.6. The molecular weight excluding hydrogens is 853 g/mol. The topological polar surface area (TPSA) is 0 Å². The molecule has 0 unspecified atom stereocenters. The van der Waals surface area contributed by atoms with Crippen molar-refractivity contribution in [3.05, 3.63) is 228 Å². The van der Waals surface area contributed by atoms with Crippen molar-refractivity contribution >= 4 is 43.1 Å². The Morgan fingerprint density at radius 3 is 1.32 bits per heavy atom. The minimum absolute atomic E-state index is 0.00632. The Bertz CT molecular complexity index is 4070. The van der Waals surface area contributed by atoms with E-state index in [0.29, 0.717) is 0 Å². The van der Waals surface area contributed by atoms with Gasteiger partial charge in [-0.25, -0.2) is 0 Å². The third-order valence-corrected chi connectivity index (χ3v) is 18.4. The van der Waals surface area contributed by atoms with Crippen LogP contribution in [-0.2, 0) is 16.2 Å². The molecule has 0 heterocycles. The third-order valence-electron chi connectivity index (χ3n) is 18.4. The molecule has 0 N–H and O–H groups in total. The van der Waals surface area contributed by atoms with Gasteiger partial charge in [0.25, 0.3) is 0 Å². The van der Waals surface area contributed by atoms with Gasteiger partial charge in [0, 0.05) is 16.2 Å². The highest BCUT2D eigenvalue weighted by atomic mass is 14.5. The summed E-state index contributed by atoms with van der Waals surface area (Å²) in [6.07, 6.45) is 4.22. The van der Waals surface area contributed by atoms with Crippen molar-refractivity contribution in [2.45, 2.75) is 83.5 Å². The maximum Gasteiger partial charge on any atom is 0.0210 e. The van der Waals surface area contributed by atoms with Gasteiger partial charge in [0.2, 0.25) is 0 Å². The molecule has 11 aromatic rings. The van der Waals surface area contributed by atoms with E-state index >= 15 is 0 Å². The monoisotopic (exact) mass is 910 g/mol. The van der Waals surface area contributed by atoms with Gasteiger partial charge in [0.1, 0.15) is 0 Å². The summed E-state index contributed by atoms with van der Waals surface area (Å²) in [7, 11) is 0. The number of hydrogen-bond donors (Lipinski definition) is 0. The van der Waals surface area contributed by atoms with Crippen LogP contribution in [0, 0.1) is 0 Å². The van der Waals surface area contributed by atoms with Gasteiger partial charge in [-0.3, -0.25) is 0 Å². The fourth-order valence-corrected chi connectivity index (χ4v) is 14.6. The predicted molar refractivity (Wildman–Crippen MR) is 304 cm³/mol. The summed E-state index contributed by atoms with van der Waals surface area (Å²) in [6.45, 7) is 14.5. The largest absolute Gasteiger partial charge is 0.0642 e. The summed E-state index contributed by atoms with van der Waals surface area (Å²) < 4.78 is 0. The van der Waals surface area contributed by atoms with Crippen LogP contribution in [0.25, 0.3) is 110 Å². The first-order chi connectivity index (χ1) is 34.7. The molecule has 0 atom stereocenters. The molecule has 71 heavy (non-hydrogen) atoms. The Hall–Kier alpha value is -7.54. The molecule has 0 spiro atoms. The van der Waals surface area contributed by atoms with Crippen LogP contribution in [0.1, 0.15) is 101 Å². The molecular formula is C71H58. The minimum atomic E-state index is -0.137. The van der Waals surface area contributed by atoms with Crippen molar-refractivity contribution < 1.29 is 0 Å². The Labute approximate surface area is 418 Å². The zero-order valence-electron chi connectivity index (χ0n) is 41.8. The standard InChI is InChI=1S/C71H58/c1-7-70(8-2)62-26-18-16-24-52(62)56-40-65-57(41-64(56)70)55-39-59-60(42-66(55)71(65,9-3)10-4)68(50-30-28-44-20-12-14-22-46(44)36-50)58-37-47(32-34-54(58)67(59)49-29-27-43-19-11-13-21-45(43)35-49)48-31-33-53-51-23-15-17-25-61(51)69(5,6)63(53)38-48/h11-42H,7-10H2,1-6H3. The van der Waals surface area contributed by atoms with Gasteiger partial charge >= 0.3 is 0 Å². The summed E-state index contributed by atoms with van der Waals surface area (Å²) in [5.41, 5.74) is 24.6. The van der Waals surface area contributed by atoms with Gasteiger partial charge in [-0.1, -0.05) is 187 Å². The van der Waals surface area contributed by atoms with Crippen LogP contribution in [0.5, 0.6) is 0 Å². The maximum absolute atomic E-state index is 2.68. The quantitative estimate of drug-likeness (QED) is 0.140. The first kappa shape index (κ1) is 42.3. The number of hydrogen-bond acceptors (Lipinski definition) is 0. The van der Waals surface area contributed by atoms with Gasteiger partial charge in [0.15, 0.2) is 0 Å². The zero-order valence-corrected chi connectivity index (χ0v) is 41.8. The average molecular weight is 911 g/mol. The van der Waals surface area contributed by atoms with Crippen molar-refractivity contribution in [1.82, 2.24) is 0 Å². The molecule has 0 aliphatic heterocycles. The van der Waals surface area contributed by atoms with Gasteiger partial charge in [-0.05, 0) is 217 Å². The Morgan fingerprint density at radius 2 is 0.690 bits per heavy atom. The highest BCUT2D eigenvalue weighted by Crippen LogP contribution is 2.61. The molecule has 3 aliphatic carbocycles. The van der Waals surface area contributed by atoms with E-state index in [1.165, 1.54) is 143 Å². The van der Waals surface area contributed by atoms with E-state index in [4.69, 9.17) is 0 Å². The molecule has 0 fully saturated rings. The number of benzene rings is 11. The maximum atomic E-state index is 2.68. The van der Waals surface area contributed by atoms with E-state index in [2.05, 4.69) is 236 Å². The van der Waals surface area contributed by atoms with Crippen LogP contribution in [-0.4, -0.2) is 0 Å². The van der Waals surface area contributed by atoms with E-state index in [9.17, 15) is 0 Å². The summed E-state index contributed by atoms with van der Waals surface area (Å²) >= 11 is 0. The van der Waals surface area contributed by atoms with Gasteiger partial charge < -0.3 is 0 Å². The predicted octanol–water partition coefficient (Wildman–Crippen LogP) is 19.8. The molecule has 0 saturated carbocycles. The van der Waals surface area contributed by atoms with Crippen LogP contribution < -0.4 is 0 Å². The SMILES string of the molecule is CCC1(CC)c2ccccc2-c2cc3c(cc21)-c1cc2c(-c4ccc5ccccc5c4)c4ccc(-c5ccc6c(c5)C(C)(C)c5ccccc5-6)cc4c(-c4ccc5ccccc5c4)c2cc1C3(CC)CC. The van der Waals surface area contributed by atoms with E-state index in [1.54, 1.807) is 0 Å². The molecule has 0 amide bonds. The highest BCUT2D eigenvalue weighted by Gasteiger charge is 2.46. The molecule has 0 aromatic heterocycles. The number of rotatable bonds is 7. The lowest BCUT2D eigenvalue weighted by molar-refractivity contribution is 0.485. The van der Waals surface area contributed by atoms with Crippen LogP contribution in [0.2, 0.25) is 0 Å². The van der Waals surface area contributed by atoms with Crippen LogP contribution >= 0.6 is 0 Å². The van der Waals surface area contributed by atoms with Crippen molar-refractivity contribution in [2.24, 2.45) is 0 Å². The smallest absolute Gasteiger partial charge is 0.0210 e. The second kappa shape index (κ2) is 15.2. The zero-order chi connectivity index (χ0) is 48.0. The normalized spacial score (nSPS) is 15.2. The molecule has 3 aliphatic rings. The van der Waals surface area contributed by atoms with Gasteiger partial charge in [-0.2, -0.15) is 0 Å². The Kier molecular flexibility index (Phi) is 9.08. The first-order valence-electron chi connectivity index (χ1n) is 26.3. The molecule has 14 rings (SSSR count). The number of fused-ring (bicyclic) bond motifs is 13. The van der Waals surface area contributed by atoms with Crippen molar-refractivity contribution in [2.75, 3.05) is 0 Å². The van der Waals surface area contributed by atoms with Crippen LogP contribution in [0.15, 0.2) is 194 Å². The Morgan fingerprint density at radius 1 is 0.268 bits per heavy atom. The van der Waals surface area contributed by atoms with Gasteiger partial charge in [-0.15, -0.1) is 0 Å². The highest BCUT2D eigenvalue weighted by molar-refractivity contribution is 6.24. The summed E-state index contributed by atoms with van der Waals surface area (Å²) in [5.74, 6) is 0. The lowest BCUT2D eigenvalue weighted by Crippen LogP contribution is -2.24. The van der Waals surface area contributed by atoms with Crippen molar-refractivity contribution in [3.63, 3.8) is 0 Å². The van der Waals surface area contributed by atoms with Crippen LogP contribution in [0.3, 0.4) is 0 Å². The average Bonchev–Trinajstić information content (AvgIpc) is 3.95. The van der Waals surface area contributed by atoms with Gasteiger partial charge in [0.05, 0.1) is 0 Å². The molecule has 342 valence electrons. The molecule has 0 saturated heterocycles. The fraction of sp³-hybridized carbons (Fsp3) is 0.183. The molecule has 0 heteroatoms. The van der Waals surface area contributed by atoms with Crippen molar-refractivity contribution in [1.29, 1.82) is 0 Å². The van der Waals surface area contributed by atoms with E-state index < -0.39 is 0 Å². The summed E-state index contributed by atoms with van der Waals surface area (Å²) in [4.78, 5) is 0. The van der Waals surface area contributed by atoms with E-state index in [0.717, 1.165) is 25.7 Å². The minimum Gasteiger partial charge on any atom is -0.0642 e. The third kappa shape index (κ3) is 5.68. The molecule has 11 aromatic carbocycles. The second-order valence-corrected chi connectivity index (χ2v) is 21.6. The van der Waals surface area contributed by atoms with Crippen LogP contribution in [0.4, 0.5) is 0 Å². The molecule has 0 radical (unpaired) electrons. The second-order valence-electron chi connectivity index (χ2n) is 21.6. The lowest BCUT2D eigenvalue weighted by atomic mass is 9.71. The lowest BCUT2D eigenvalue weighted by Gasteiger charge is -2.32. The first-order valence-corrected chi connectivity index (χ1v) is 26.3. The Balaban J connectivity index is 1.10. The van der Waals surface area contributed by atoms with E-state index in [-0.39, 0.29) is 16.2 Å². The summed E-state index contributed by atoms with van der Waals surface area (Å²) in [6, 6.07) is 75.6. The van der Waals surface area contributed by atoms with Crippen molar-refractivity contribution in [3.8, 4) is 66.8 Å². The molecule has 0 nitrogen and oxygen atoms in total. The molecule has 0 bridgehead atoms. The van der Waals surface area contributed by atoms with E-state index in [1.807, 2.05) is 0 Å². The summed E-state index contributed by atoms with van der Waals surface area (Å²) in [5, 5.41) is 10.3.